The molecule has 0 saturated carbocycles. The minimum Gasteiger partial charge on any atom is -0.323 e. The van der Waals surface area contributed by atoms with Gasteiger partial charge in [-0.15, -0.1) is 0 Å². The molecule has 0 spiro atoms. The van der Waals surface area contributed by atoms with Crippen LogP contribution in [0.4, 0.5) is 10.1 Å². The number of benzene rings is 2. The van der Waals surface area contributed by atoms with E-state index in [0.717, 1.165) is 4.90 Å². The van der Waals surface area contributed by atoms with E-state index >= 15 is 0 Å². The molecule has 1 amide bonds. The van der Waals surface area contributed by atoms with Gasteiger partial charge in [0.2, 0.25) is 0 Å². The number of anilines is 1. The fourth-order valence-electron chi connectivity index (χ4n) is 2.24. The Bertz CT molecular complexity index is 751. The van der Waals surface area contributed by atoms with Gasteiger partial charge < -0.3 is 10.2 Å². The van der Waals surface area contributed by atoms with Crippen molar-refractivity contribution in [2.24, 2.45) is 0 Å². The molecule has 2 aromatic carbocycles. The van der Waals surface area contributed by atoms with Crippen LogP contribution in [0.15, 0.2) is 42.5 Å². The Morgan fingerprint density at radius 3 is 2.58 bits per heavy atom. The van der Waals surface area contributed by atoms with E-state index in [1.54, 1.807) is 43.3 Å². The summed E-state index contributed by atoms with van der Waals surface area (Å²) in [6.45, 7) is 2.07. The first-order valence-electron chi connectivity index (χ1n) is 7.48. The summed E-state index contributed by atoms with van der Waals surface area (Å²) in [5.74, 6) is -0.564. The smallest absolute Gasteiger partial charge is 0.282 e. The molecule has 2 aromatic rings. The maximum Gasteiger partial charge on any atom is 0.282 e. The fourth-order valence-corrected chi connectivity index (χ4v) is 2.47. The fraction of sp³-hybridized carbons (Fsp3) is 0.222. The number of hydrogen-bond donors (Lipinski definition) is 2. The van der Waals surface area contributed by atoms with Gasteiger partial charge >= 0.3 is 0 Å². The highest BCUT2D eigenvalue weighted by Crippen LogP contribution is 2.17. The minimum absolute atomic E-state index is 0.190. The third kappa shape index (κ3) is 4.31. The summed E-state index contributed by atoms with van der Waals surface area (Å²) in [6.07, 6.45) is 0. The quantitative estimate of drug-likeness (QED) is 0.873. The van der Waals surface area contributed by atoms with Crippen LogP contribution in [0.5, 0.6) is 0 Å². The van der Waals surface area contributed by atoms with Gasteiger partial charge in [0, 0.05) is 5.69 Å². The van der Waals surface area contributed by atoms with Crippen LogP contribution in [0.2, 0.25) is 5.02 Å². The average molecular weight is 347 g/mol. The van der Waals surface area contributed by atoms with Gasteiger partial charge in [-0.1, -0.05) is 17.7 Å². The Hall–Kier alpha value is -2.42. The first-order chi connectivity index (χ1) is 11.4. The number of likely N-dealkylation sites (N-methyl/N-ethyl adjacent to an activating group) is 1. The Balaban J connectivity index is 2.02. The number of halogens is 2. The van der Waals surface area contributed by atoms with Crippen molar-refractivity contribution >= 4 is 23.2 Å². The van der Waals surface area contributed by atoms with Gasteiger partial charge in [0.15, 0.2) is 6.04 Å². The van der Waals surface area contributed by atoms with E-state index in [9.17, 15) is 9.18 Å². The van der Waals surface area contributed by atoms with Gasteiger partial charge in [0.1, 0.15) is 12.4 Å². The lowest BCUT2D eigenvalue weighted by Gasteiger charge is -2.21. The molecular formula is C18H18ClFN3O+. The van der Waals surface area contributed by atoms with Crippen molar-refractivity contribution in [3.8, 4) is 6.07 Å². The summed E-state index contributed by atoms with van der Waals surface area (Å²) in [7, 11) is 1.81. The van der Waals surface area contributed by atoms with Crippen molar-refractivity contribution in [2.75, 3.05) is 12.4 Å². The number of carbonyl (C=O) groups excluding carboxylic acids is 1. The molecule has 2 atom stereocenters. The van der Waals surface area contributed by atoms with Crippen LogP contribution in [0.1, 0.15) is 18.1 Å². The predicted octanol–water partition coefficient (Wildman–Crippen LogP) is 2.39. The molecule has 0 aliphatic heterocycles. The van der Waals surface area contributed by atoms with E-state index in [0.29, 0.717) is 28.4 Å². The molecule has 0 radical (unpaired) electrons. The highest BCUT2D eigenvalue weighted by molar-refractivity contribution is 6.31. The van der Waals surface area contributed by atoms with Crippen LogP contribution in [0, 0.1) is 17.1 Å². The van der Waals surface area contributed by atoms with E-state index in [2.05, 4.69) is 5.32 Å². The summed E-state index contributed by atoms with van der Waals surface area (Å²) < 4.78 is 13.9. The molecule has 1 unspecified atom stereocenters. The Kier molecular flexibility index (Phi) is 5.91. The molecular weight excluding hydrogens is 329 g/mol. The molecule has 124 valence electrons. The molecule has 2 rings (SSSR count). The third-order valence-corrected chi connectivity index (χ3v) is 4.29. The van der Waals surface area contributed by atoms with Crippen LogP contribution < -0.4 is 10.2 Å². The molecule has 4 nitrogen and oxygen atoms in total. The Labute approximate surface area is 145 Å². The Morgan fingerprint density at radius 2 is 2.00 bits per heavy atom. The van der Waals surface area contributed by atoms with Crippen molar-refractivity contribution < 1.29 is 14.1 Å². The molecule has 0 heterocycles. The normalized spacial score (nSPS) is 13.0. The molecule has 0 aliphatic rings. The van der Waals surface area contributed by atoms with Gasteiger partial charge in [-0.3, -0.25) is 4.79 Å². The molecule has 0 aromatic heterocycles. The second-order valence-corrected chi connectivity index (χ2v) is 6.03. The van der Waals surface area contributed by atoms with Crippen LogP contribution in [-0.4, -0.2) is 19.0 Å². The summed E-state index contributed by atoms with van der Waals surface area (Å²) in [6, 6.07) is 12.8. The zero-order chi connectivity index (χ0) is 17.7. The van der Waals surface area contributed by atoms with Crippen molar-refractivity contribution in [2.45, 2.75) is 19.5 Å². The van der Waals surface area contributed by atoms with Crippen LogP contribution in [0.25, 0.3) is 0 Å². The van der Waals surface area contributed by atoms with Gasteiger partial charge in [0.05, 0.1) is 29.3 Å². The van der Waals surface area contributed by atoms with E-state index < -0.39 is 6.04 Å². The third-order valence-electron chi connectivity index (χ3n) is 3.93. The molecule has 0 fully saturated rings. The molecule has 24 heavy (non-hydrogen) atoms. The topological polar surface area (TPSA) is 57.3 Å². The number of nitriles is 1. The zero-order valence-electron chi connectivity index (χ0n) is 13.4. The van der Waals surface area contributed by atoms with Crippen LogP contribution in [-0.2, 0) is 11.3 Å². The minimum atomic E-state index is -0.406. The van der Waals surface area contributed by atoms with Gasteiger partial charge in [0.25, 0.3) is 5.91 Å². The second kappa shape index (κ2) is 7.91. The molecule has 0 aliphatic carbocycles. The van der Waals surface area contributed by atoms with E-state index in [1.807, 2.05) is 13.1 Å². The number of hydrogen-bond acceptors (Lipinski definition) is 2. The molecule has 0 bridgehead atoms. The van der Waals surface area contributed by atoms with Gasteiger partial charge in [-0.2, -0.15) is 5.26 Å². The van der Waals surface area contributed by atoms with Crippen molar-refractivity contribution in [3.05, 3.63) is 64.4 Å². The molecule has 0 saturated heterocycles. The summed E-state index contributed by atoms with van der Waals surface area (Å²) in [5.41, 5.74) is 1.54. The summed E-state index contributed by atoms with van der Waals surface area (Å²) in [5, 5.41) is 11.9. The second-order valence-electron chi connectivity index (χ2n) is 5.62. The first-order valence-corrected chi connectivity index (χ1v) is 7.86. The zero-order valence-corrected chi connectivity index (χ0v) is 14.2. The van der Waals surface area contributed by atoms with Crippen molar-refractivity contribution in [1.82, 2.24) is 0 Å². The highest BCUT2D eigenvalue weighted by Gasteiger charge is 2.24. The summed E-state index contributed by atoms with van der Waals surface area (Å²) >= 11 is 6.04. The molecule has 2 N–H and O–H groups in total. The monoisotopic (exact) mass is 346 g/mol. The maximum atomic E-state index is 13.9. The van der Waals surface area contributed by atoms with Crippen LogP contribution in [0.3, 0.4) is 0 Å². The number of amides is 1. The van der Waals surface area contributed by atoms with Gasteiger partial charge in [-0.25, -0.2) is 4.39 Å². The molecule has 6 heteroatoms. The lowest BCUT2D eigenvalue weighted by molar-refractivity contribution is -0.908. The SMILES string of the molecule is C[C@H](C(=O)Nc1ccc(C#N)cc1)[NH+](C)Cc1c(F)cccc1Cl. The van der Waals surface area contributed by atoms with Crippen LogP contribution >= 0.6 is 11.6 Å². The van der Waals surface area contributed by atoms with E-state index in [4.69, 9.17) is 16.9 Å². The number of quaternary nitrogens is 1. The van der Waals surface area contributed by atoms with Gasteiger partial charge in [-0.05, 0) is 43.3 Å². The highest BCUT2D eigenvalue weighted by atomic mass is 35.5. The number of carbonyl (C=O) groups is 1. The van der Waals surface area contributed by atoms with Crippen molar-refractivity contribution in [3.63, 3.8) is 0 Å². The largest absolute Gasteiger partial charge is 0.323 e. The number of nitrogens with zero attached hydrogens (tertiary/aromatic N) is 1. The lowest BCUT2D eigenvalue weighted by Crippen LogP contribution is -3.12. The number of rotatable bonds is 5. The average Bonchev–Trinajstić information content (AvgIpc) is 2.58. The summed E-state index contributed by atoms with van der Waals surface area (Å²) in [4.78, 5) is 13.2. The van der Waals surface area contributed by atoms with E-state index in [-0.39, 0.29) is 11.7 Å². The number of nitrogens with one attached hydrogen (secondary N) is 2. The van der Waals surface area contributed by atoms with Crippen molar-refractivity contribution in [1.29, 1.82) is 5.26 Å². The first kappa shape index (κ1) is 17.9. The van der Waals surface area contributed by atoms with E-state index in [1.165, 1.54) is 6.07 Å². The maximum absolute atomic E-state index is 13.9. The standard InChI is InChI=1S/C18H17ClFN3O/c1-12(18(24)22-14-8-6-13(10-21)7-9-14)23(2)11-15-16(19)4-3-5-17(15)20/h3-9,12H,11H2,1-2H3,(H,22,24)/p+1/t12-/m1/s1. The predicted molar refractivity (Wildman–Crippen MR) is 91.2 cm³/mol. The Morgan fingerprint density at radius 1 is 1.33 bits per heavy atom. The lowest BCUT2D eigenvalue weighted by atomic mass is 10.1.